The maximum absolute atomic E-state index is 12.6. The van der Waals surface area contributed by atoms with Gasteiger partial charge in [0, 0.05) is 48.7 Å². The predicted octanol–water partition coefficient (Wildman–Crippen LogP) is 4.64. The van der Waals surface area contributed by atoms with Crippen molar-refractivity contribution < 1.29 is 9.53 Å². The van der Waals surface area contributed by atoms with Gasteiger partial charge in [-0.1, -0.05) is 41.9 Å². The molecule has 150 valence electrons. The number of carbonyl (C=O) groups excluding carboxylic acids is 1. The second-order valence-electron chi connectivity index (χ2n) is 7.52. The second kappa shape index (κ2) is 8.85. The van der Waals surface area contributed by atoms with Crippen LogP contribution in [0.3, 0.4) is 0 Å². The Kier molecular flexibility index (Phi) is 6.02. The molecule has 4 nitrogen and oxygen atoms in total. The number of carbonyl (C=O) groups is 1. The molecule has 0 bridgehead atoms. The molecule has 4 rings (SSSR count). The third kappa shape index (κ3) is 4.72. The lowest BCUT2D eigenvalue weighted by molar-refractivity contribution is 0.0509. The van der Waals surface area contributed by atoms with Crippen molar-refractivity contribution in [2.75, 3.05) is 44.7 Å². The molecule has 0 radical (unpaired) electrons. The van der Waals surface area contributed by atoms with E-state index in [9.17, 15) is 4.79 Å². The molecule has 3 aromatic rings. The molecule has 0 spiro atoms. The van der Waals surface area contributed by atoms with Gasteiger partial charge in [0.15, 0.2) is 0 Å². The van der Waals surface area contributed by atoms with Gasteiger partial charge in [-0.3, -0.25) is 0 Å². The first kappa shape index (κ1) is 19.7. The van der Waals surface area contributed by atoms with Crippen molar-refractivity contribution in [3.05, 3.63) is 76.8 Å². The summed E-state index contributed by atoms with van der Waals surface area (Å²) in [6.45, 7) is 4.42. The highest BCUT2D eigenvalue weighted by Crippen LogP contribution is 2.29. The molecular formula is C24H25ClN2O2. The zero-order chi connectivity index (χ0) is 20.2. The molecule has 0 amide bonds. The molecule has 0 aromatic heterocycles. The molecule has 0 saturated carbocycles. The van der Waals surface area contributed by atoms with Crippen LogP contribution < -0.4 is 4.90 Å². The van der Waals surface area contributed by atoms with Crippen LogP contribution in [0.15, 0.2) is 60.7 Å². The van der Waals surface area contributed by atoms with Crippen LogP contribution in [0.2, 0.25) is 5.02 Å². The van der Waals surface area contributed by atoms with E-state index in [4.69, 9.17) is 16.3 Å². The number of ether oxygens (including phenoxy) is 1. The minimum atomic E-state index is -0.283. The van der Waals surface area contributed by atoms with Gasteiger partial charge in [0.2, 0.25) is 0 Å². The predicted molar refractivity (Wildman–Crippen MR) is 119 cm³/mol. The van der Waals surface area contributed by atoms with Gasteiger partial charge in [-0.25, -0.2) is 4.79 Å². The van der Waals surface area contributed by atoms with Gasteiger partial charge in [0.1, 0.15) is 0 Å². The molecule has 29 heavy (non-hydrogen) atoms. The Balaban J connectivity index is 1.47. The fraction of sp³-hybridized carbons (Fsp3) is 0.292. The van der Waals surface area contributed by atoms with E-state index in [2.05, 4.69) is 35.0 Å². The summed E-state index contributed by atoms with van der Waals surface area (Å²) in [5.74, 6) is -0.283. The second-order valence-corrected chi connectivity index (χ2v) is 7.95. The summed E-state index contributed by atoms with van der Waals surface area (Å²) >= 11 is 5.91. The number of rotatable bonds is 5. The molecule has 5 heteroatoms. The number of nitrogens with zero attached hydrogens (tertiary/aromatic N) is 2. The first-order valence-corrected chi connectivity index (χ1v) is 10.4. The van der Waals surface area contributed by atoms with Gasteiger partial charge in [-0.05, 0) is 48.3 Å². The topological polar surface area (TPSA) is 32.8 Å². The number of fused-ring (bicyclic) bond motifs is 1. The van der Waals surface area contributed by atoms with E-state index in [1.807, 2.05) is 42.5 Å². The lowest BCUT2D eigenvalue weighted by Gasteiger charge is -2.34. The number of anilines is 1. The standard InChI is InChI=1S/C24H25ClN2O2/c1-26-12-14-27(15-13-26)23-4-2-3-19-7-8-20(17-22(19)23)24(28)29-16-11-18-5-9-21(25)10-6-18/h2-10,17H,11-16H2,1H3. The Morgan fingerprint density at radius 3 is 2.52 bits per heavy atom. The van der Waals surface area contributed by atoms with Crippen molar-refractivity contribution >= 4 is 34.0 Å². The average Bonchev–Trinajstić information content (AvgIpc) is 2.75. The van der Waals surface area contributed by atoms with Gasteiger partial charge in [0.05, 0.1) is 12.2 Å². The molecule has 1 fully saturated rings. The minimum Gasteiger partial charge on any atom is -0.462 e. The van der Waals surface area contributed by atoms with E-state index in [1.54, 1.807) is 0 Å². The Morgan fingerprint density at radius 1 is 1.00 bits per heavy atom. The van der Waals surface area contributed by atoms with E-state index in [1.165, 1.54) is 5.69 Å². The zero-order valence-corrected chi connectivity index (χ0v) is 17.4. The first-order valence-electron chi connectivity index (χ1n) is 9.98. The number of esters is 1. The Bertz CT molecular complexity index is 995. The molecule has 1 saturated heterocycles. The number of likely N-dealkylation sites (N-methyl/N-ethyl adjacent to an activating group) is 1. The fourth-order valence-corrected chi connectivity index (χ4v) is 3.83. The highest BCUT2D eigenvalue weighted by atomic mass is 35.5. The van der Waals surface area contributed by atoms with E-state index in [0.717, 1.165) is 42.5 Å². The molecule has 0 unspecified atom stereocenters. The smallest absolute Gasteiger partial charge is 0.338 e. The Morgan fingerprint density at radius 2 is 1.76 bits per heavy atom. The van der Waals surface area contributed by atoms with Crippen LogP contribution in [0.1, 0.15) is 15.9 Å². The first-order chi connectivity index (χ1) is 14.1. The largest absolute Gasteiger partial charge is 0.462 e. The quantitative estimate of drug-likeness (QED) is 0.575. The number of benzene rings is 3. The van der Waals surface area contributed by atoms with Gasteiger partial charge in [-0.15, -0.1) is 0 Å². The van der Waals surface area contributed by atoms with Crippen LogP contribution in [0.5, 0.6) is 0 Å². The number of halogens is 1. The molecule has 0 atom stereocenters. The van der Waals surface area contributed by atoms with Gasteiger partial charge in [0.25, 0.3) is 0 Å². The van der Waals surface area contributed by atoms with E-state index in [0.29, 0.717) is 23.6 Å². The van der Waals surface area contributed by atoms with E-state index < -0.39 is 0 Å². The lowest BCUT2D eigenvalue weighted by atomic mass is 10.0. The lowest BCUT2D eigenvalue weighted by Crippen LogP contribution is -2.44. The van der Waals surface area contributed by atoms with Gasteiger partial charge in [-0.2, -0.15) is 0 Å². The van der Waals surface area contributed by atoms with Crippen molar-refractivity contribution in [1.82, 2.24) is 4.90 Å². The highest BCUT2D eigenvalue weighted by molar-refractivity contribution is 6.30. The highest BCUT2D eigenvalue weighted by Gasteiger charge is 2.17. The average molecular weight is 409 g/mol. The maximum atomic E-state index is 12.6. The van der Waals surface area contributed by atoms with Crippen molar-refractivity contribution in [3.8, 4) is 0 Å². The number of hydrogen-bond acceptors (Lipinski definition) is 4. The Hall–Kier alpha value is -2.56. The van der Waals surface area contributed by atoms with Crippen LogP contribution in [-0.2, 0) is 11.2 Å². The van der Waals surface area contributed by atoms with Crippen molar-refractivity contribution in [1.29, 1.82) is 0 Å². The molecule has 1 aliphatic rings. The van der Waals surface area contributed by atoms with Crippen molar-refractivity contribution in [2.45, 2.75) is 6.42 Å². The summed E-state index contributed by atoms with van der Waals surface area (Å²) in [7, 11) is 2.15. The minimum absolute atomic E-state index is 0.283. The fourth-order valence-electron chi connectivity index (χ4n) is 3.70. The molecule has 3 aromatic carbocycles. The van der Waals surface area contributed by atoms with Crippen LogP contribution in [0.4, 0.5) is 5.69 Å². The summed E-state index contributed by atoms with van der Waals surface area (Å²) < 4.78 is 5.52. The maximum Gasteiger partial charge on any atom is 0.338 e. The molecular weight excluding hydrogens is 384 g/mol. The van der Waals surface area contributed by atoms with Crippen LogP contribution >= 0.6 is 11.6 Å². The number of hydrogen-bond donors (Lipinski definition) is 0. The molecule has 1 aliphatic heterocycles. The van der Waals surface area contributed by atoms with Crippen LogP contribution in [0.25, 0.3) is 10.8 Å². The summed E-state index contributed by atoms with van der Waals surface area (Å²) in [6, 6.07) is 19.7. The number of piperazine rings is 1. The molecule has 0 N–H and O–H groups in total. The van der Waals surface area contributed by atoms with Crippen molar-refractivity contribution in [2.24, 2.45) is 0 Å². The van der Waals surface area contributed by atoms with E-state index >= 15 is 0 Å². The summed E-state index contributed by atoms with van der Waals surface area (Å²) in [4.78, 5) is 17.3. The van der Waals surface area contributed by atoms with Crippen molar-refractivity contribution in [3.63, 3.8) is 0 Å². The molecule has 0 aliphatic carbocycles. The summed E-state index contributed by atoms with van der Waals surface area (Å²) in [5, 5.41) is 2.95. The summed E-state index contributed by atoms with van der Waals surface area (Å²) in [5.41, 5.74) is 2.87. The monoisotopic (exact) mass is 408 g/mol. The van der Waals surface area contributed by atoms with Gasteiger partial charge >= 0.3 is 5.97 Å². The Labute approximate surface area is 176 Å². The SMILES string of the molecule is CN1CCN(c2cccc3ccc(C(=O)OCCc4ccc(Cl)cc4)cc23)CC1. The molecule has 1 heterocycles. The third-order valence-electron chi connectivity index (χ3n) is 5.48. The van der Waals surface area contributed by atoms with E-state index in [-0.39, 0.29) is 5.97 Å². The van der Waals surface area contributed by atoms with Gasteiger partial charge < -0.3 is 14.5 Å². The van der Waals surface area contributed by atoms with Crippen LogP contribution in [0, 0.1) is 0 Å². The summed E-state index contributed by atoms with van der Waals surface area (Å²) in [6.07, 6.45) is 0.670. The zero-order valence-electron chi connectivity index (χ0n) is 16.6. The third-order valence-corrected chi connectivity index (χ3v) is 5.73. The van der Waals surface area contributed by atoms with Crippen LogP contribution in [-0.4, -0.2) is 50.7 Å². The normalized spacial score (nSPS) is 14.9.